The lowest BCUT2D eigenvalue weighted by atomic mass is 9.91. The highest BCUT2D eigenvalue weighted by atomic mass is 16.7. The first-order chi connectivity index (χ1) is 15.4. The summed E-state index contributed by atoms with van der Waals surface area (Å²) in [5.41, 5.74) is 2.70. The van der Waals surface area contributed by atoms with Crippen molar-refractivity contribution in [2.75, 3.05) is 33.1 Å². The standard InChI is InChI=1S/C23H35N3O6/c1-3-31-16-32-15-21(24-22(28)19-9-11-26(12-10-19)17(2)27)14-20(23(29)25-30)13-18-7-5-4-6-8-18/h4-8,19-21,30H,3,9-16H2,1-2H3,(H,24,28)(H,25,29)/t20-,21-/m0/s1. The molecule has 9 nitrogen and oxygen atoms in total. The quantitative estimate of drug-likeness (QED) is 0.193. The molecule has 9 heteroatoms. The number of benzene rings is 1. The smallest absolute Gasteiger partial charge is 0.246 e. The average Bonchev–Trinajstić information content (AvgIpc) is 2.81. The Kier molecular flexibility index (Phi) is 11.1. The van der Waals surface area contributed by atoms with Crippen LogP contribution in [-0.4, -0.2) is 67.0 Å². The molecule has 2 rings (SSSR count). The van der Waals surface area contributed by atoms with Crippen LogP contribution >= 0.6 is 0 Å². The first-order valence-corrected chi connectivity index (χ1v) is 11.1. The Morgan fingerprint density at radius 2 is 1.84 bits per heavy atom. The molecule has 1 aliphatic rings. The minimum atomic E-state index is -0.553. The molecule has 0 saturated carbocycles. The van der Waals surface area contributed by atoms with E-state index in [4.69, 9.17) is 9.47 Å². The molecule has 0 bridgehead atoms. The van der Waals surface area contributed by atoms with Crippen molar-refractivity contribution in [1.82, 2.24) is 15.7 Å². The molecule has 3 N–H and O–H groups in total. The fraction of sp³-hybridized carbons (Fsp3) is 0.609. The van der Waals surface area contributed by atoms with Crippen molar-refractivity contribution in [3.63, 3.8) is 0 Å². The van der Waals surface area contributed by atoms with E-state index in [1.807, 2.05) is 37.3 Å². The van der Waals surface area contributed by atoms with E-state index in [-0.39, 0.29) is 31.1 Å². The molecule has 1 saturated heterocycles. The summed E-state index contributed by atoms with van der Waals surface area (Å²) in [6.45, 7) is 5.29. The van der Waals surface area contributed by atoms with Crippen LogP contribution in [0.15, 0.2) is 30.3 Å². The summed E-state index contributed by atoms with van der Waals surface area (Å²) in [6.07, 6.45) is 1.92. The van der Waals surface area contributed by atoms with Crippen LogP contribution in [0.3, 0.4) is 0 Å². The molecular formula is C23H35N3O6. The third-order valence-corrected chi connectivity index (χ3v) is 5.72. The van der Waals surface area contributed by atoms with Crippen LogP contribution in [0.25, 0.3) is 0 Å². The predicted molar refractivity (Wildman–Crippen MR) is 118 cm³/mol. The van der Waals surface area contributed by atoms with Gasteiger partial charge in [-0.25, -0.2) is 5.48 Å². The van der Waals surface area contributed by atoms with E-state index in [0.29, 0.717) is 45.4 Å². The van der Waals surface area contributed by atoms with Crippen LogP contribution in [0.4, 0.5) is 0 Å². The molecule has 32 heavy (non-hydrogen) atoms. The first kappa shape index (κ1) is 25.8. The van der Waals surface area contributed by atoms with Crippen molar-refractivity contribution in [2.24, 2.45) is 11.8 Å². The summed E-state index contributed by atoms with van der Waals surface area (Å²) in [4.78, 5) is 38.5. The number of hydrogen-bond acceptors (Lipinski definition) is 6. The molecule has 0 radical (unpaired) electrons. The number of carbonyl (C=O) groups is 3. The van der Waals surface area contributed by atoms with Gasteiger partial charge in [-0.3, -0.25) is 19.6 Å². The number of carbonyl (C=O) groups excluding carboxylic acids is 3. The Hall–Kier alpha value is -2.49. The van der Waals surface area contributed by atoms with E-state index < -0.39 is 17.9 Å². The molecule has 1 fully saturated rings. The van der Waals surface area contributed by atoms with E-state index in [9.17, 15) is 19.6 Å². The highest BCUT2D eigenvalue weighted by molar-refractivity contribution is 5.80. The second-order valence-electron chi connectivity index (χ2n) is 8.07. The van der Waals surface area contributed by atoms with Gasteiger partial charge in [-0.1, -0.05) is 30.3 Å². The Bertz CT molecular complexity index is 722. The zero-order valence-corrected chi connectivity index (χ0v) is 18.9. The van der Waals surface area contributed by atoms with Crippen LogP contribution < -0.4 is 10.8 Å². The maximum Gasteiger partial charge on any atom is 0.246 e. The SMILES string of the molecule is CCOCOC[C@H](C[C@H](Cc1ccccc1)C(=O)NO)NC(=O)C1CCN(C(C)=O)CC1. The number of rotatable bonds is 12. The van der Waals surface area contributed by atoms with Crippen LogP contribution in [0.5, 0.6) is 0 Å². The van der Waals surface area contributed by atoms with Crippen molar-refractivity contribution in [3.8, 4) is 0 Å². The van der Waals surface area contributed by atoms with Gasteiger partial charge >= 0.3 is 0 Å². The maximum absolute atomic E-state index is 12.9. The van der Waals surface area contributed by atoms with Crippen LogP contribution in [0.1, 0.15) is 38.7 Å². The van der Waals surface area contributed by atoms with Crippen LogP contribution in [0.2, 0.25) is 0 Å². The van der Waals surface area contributed by atoms with Crippen molar-refractivity contribution in [1.29, 1.82) is 0 Å². The molecule has 178 valence electrons. The number of nitrogens with zero attached hydrogens (tertiary/aromatic N) is 1. The summed E-state index contributed by atoms with van der Waals surface area (Å²) in [6, 6.07) is 9.08. The number of hydrogen-bond donors (Lipinski definition) is 3. The third kappa shape index (κ3) is 8.57. The molecule has 1 aliphatic heterocycles. The van der Waals surface area contributed by atoms with Gasteiger partial charge in [-0.2, -0.15) is 0 Å². The van der Waals surface area contributed by atoms with E-state index >= 15 is 0 Å². The lowest BCUT2D eigenvalue weighted by Crippen LogP contribution is -2.47. The summed E-state index contributed by atoms with van der Waals surface area (Å²) >= 11 is 0. The minimum absolute atomic E-state index is 0.0184. The fourth-order valence-corrected chi connectivity index (χ4v) is 3.89. The molecule has 2 atom stereocenters. The average molecular weight is 450 g/mol. The van der Waals surface area contributed by atoms with E-state index in [2.05, 4.69) is 5.32 Å². The van der Waals surface area contributed by atoms with E-state index in [1.54, 1.807) is 10.4 Å². The molecule has 3 amide bonds. The predicted octanol–water partition coefficient (Wildman–Crippen LogP) is 1.49. The van der Waals surface area contributed by atoms with Gasteiger partial charge < -0.3 is 19.7 Å². The van der Waals surface area contributed by atoms with Gasteiger partial charge in [-0.05, 0) is 38.2 Å². The zero-order valence-electron chi connectivity index (χ0n) is 18.9. The normalized spacial score (nSPS) is 16.3. The zero-order chi connectivity index (χ0) is 23.3. The van der Waals surface area contributed by atoms with Crippen molar-refractivity contribution in [3.05, 3.63) is 35.9 Å². The summed E-state index contributed by atoms with van der Waals surface area (Å²) in [5, 5.41) is 12.2. The lowest BCUT2D eigenvalue weighted by molar-refractivity contribution is -0.136. The molecule has 1 aromatic rings. The van der Waals surface area contributed by atoms with Gasteiger partial charge in [0.25, 0.3) is 0 Å². The Labute approximate surface area is 189 Å². The molecule has 1 aromatic carbocycles. The van der Waals surface area contributed by atoms with Gasteiger partial charge in [0.05, 0.1) is 12.6 Å². The van der Waals surface area contributed by atoms with Crippen LogP contribution in [-0.2, 0) is 30.3 Å². The summed E-state index contributed by atoms with van der Waals surface area (Å²) in [7, 11) is 0. The van der Waals surface area contributed by atoms with Crippen molar-refractivity contribution in [2.45, 2.75) is 45.6 Å². The molecule has 0 unspecified atom stereocenters. The number of nitrogens with one attached hydrogen (secondary N) is 2. The van der Waals surface area contributed by atoms with Gasteiger partial charge in [0, 0.05) is 38.5 Å². The highest BCUT2D eigenvalue weighted by Gasteiger charge is 2.29. The topological polar surface area (TPSA) is 117 Å². The molecule has 0 spiro atoms. The number of piperidine rings is 1. The largest absolute Gasteiger partial charge is 0.356 e. The highest BCUT2D eigenvalue weighted by Crippen LogP contribution is 2.20. The minimum Gasteiger partial charge on any atom is -0.356 e. The van der Waals surface area contributed by atoms with Gasteiger partial charge in [0.1, 0.15) is 6.79 Å². The third-order valence-electron chi connectivity index (χ3n) is 5.72. The van der Waals surface area contributed by atoms with Crippen LogP contribution in [0, 0.1) is 11.8 Å². The Balaban J connectivity index is 2.02. The Morgan fingerprint density at radius 1 is 1.16 bits per heavy atom. The van der Waals surface area contributed by atoms with Gasteiger partial charge in [0.15, 0.2) is 0 Å². The number of hydroxylamine groups is 1. The molecule has 0 aliphatic carbocycles. The van der Waals surface area contributed by atoms with Gasteiger partial charge in [-0.15, -0.1) is 0 Å². The van der Waals surface area contributed by atoms with E-state index in [0.717, 1.165) is 5.56 Å². The summed E-state index contributed by atoms with van der Waals surface area (Å²) < 4.78 is 10.8. The monoisotopic (exact) mass is 449 g/mol. The van der Waals surface area contributed by atoms with Gasteiger partial charge in [0.2, 0.25) is 17.7 Å². The number of likely N-dealkylation sites (tertiary alicyclic amines) is 1. The summed E-state index contributed by atoms with van der Waals surface area (Å²) in [5.74, 6) is -1.35. The van der Waals surface area contributed by atoms with Crippen molar-refractivity contribution >= 4 is 17.7 Å². The maximum atomic E-state index is 12.9. The first-order valence-electron chi connectivity index (χ1n) is 11.1. The fourth-order valence-electron chi connectivity index (χ4n) is 3.89. The molecular weight excluding hydrogens is 414 g/mol. The lowest BCUT2D eigenvalue weighted by Gasteiger charge is -2.32. The second-order valence-corrected chi connectivity index (χ2v) is 8.07. The number of ether oxygens (including phenoxy) is 2. The van der Waals surface area contributed by atoms with Crippen molar-refractivity contribution < 1.29 is 29.1 Å². The number of amides is 3. The molecule has 0 aromatic heterocycles. The van der Waals surface area contributed by atoms with E-state index in [1.165, 1.54) is 6.92 Å². The molecule has 1 heterocycles. The Morgan fingerprint density at radius 3 is 2.44 bits per heavy atom. The second kappa shape index (κ2) is 13.8.